The number of carboxylic acids is 1. The number of likely N-dealkylation sites (tertiary alicyclic amines) is 1. The topological polar surface area (TPSA) is 89.0 Å². The monoisotopic (exact) mass is 376 g/mol. The molecular formula is C18H20N2O5S. The number of amides is 1. The quantitative estimate of drug-likeness (QED) is 0.834. The molecule has 1 N–H and O–H groups in total. The second-order valence-corrected chi connectivity index (χ2v) is 6.99. The fourth-order valence-electron chi connectivity index (χ4n) is 3.05. The van der Waals surface area contributed by atoms with Gasteiger partial charge in [0.2, 0.25) is 0 Å². The fraction of sp³-hybridized carbons (Fsp3) is 0.389. The highest BCUT2D eigenvalue weighted by Crippen LogP contribution is 2.33. The minimum atomic E-state index is -1.18. The van der Waals surface area contributed by atoms with E-state index in [0.717, 1.165) is 5.69 Å². The van der Waals surface area contributed by atoms with Gasteiger partial charge in [-0.05, 0) is 38.0 Å². The molecule has 1 atom stereocenters. The van der Waals surface area contributed by atoms with Crippen LogP contribution in [-0.2, 0) is 11.4 Å². The van der Waals surface area contributed by atoms with Crippen molar-refractivity contribution in [2.75, 3.05) is 13.7 Å². The summed E-state index contributed by atoms with van der Waals surface area (Å²) in [5.74, 6) is -0.392. The van der Waals surface area contributed by atoms with Crippen LogP contribution in [0.3, 0.4) is 0 Å². The summed E-state index contributed by atoms with van der Waals surface area (Å²) >= 11 is 1.49. The average molecular weight is 376 g/mol. The number of methoxy groups -OCH3 is 1. The lowest BCUT2D eigenvalue weighted by molar-refractivity contribution is -0.147. The van der Waals surface area contributed by atoms with Crippen LogP contribution in [0, 0.1) is 0 Å². The molecule has 0 bridgehead atoms. The highest BCUT2D eigenvalue weighted by Gasteiger charge is 2.46. The summed E-state index contributed by atoms with van der Waals surface area (Å²) in [6.45, 7) is 2.31. The predicted molar refractivity (Wildman–Crippen MR) is 95.8 cm³/mol. The third-order valence-corrected chi connectivity index (χ3v) is 5.25. The number of thiazole rings is 1. The van der Waals surface area contributed by atoms with E-state index >= 15 is 0 Å². The molecule has 1 amide bonds. The number of aromatic nitrogens is 1. The molecule has 1 aromatic heterocycles. The second-order valence-electron chi connectivity index (χ2n) is 6.27. The van der Waals surface area contributed by atoms with Crippen molar-refractivity contribution in [1.29, 1.82) is 0 Å². The average Bonchev–Trinajstić information content (AvgIpc) is 3.29. The zero-order valence-electron chi connectivity index (χ0n) is 14.6. The molecule has 1 unspecified atom stereocenters. The standard InChI is InChI=1S/C18H20N2O5S/c1-18(17(22)23)6-3-7-20(18)16(21)12-4-5-14(15(8-12)24-2)25-9-13-10-26-11-19-13/h4-5,8,10-11H,3,6-7,9H2,1-2H3,(H,22,23). The van der Waals surface area contributed by atoms with Crippen molar-refractivity contribution in [3.8, 4) is 11.5 Å². The van der Waals surface area contributed by atoms with Crippen LogP contribution in [0.25, 0.3) is 0 Å². The van der Waals surface area contributed by atoms with Gasteiger partial charge in [0, 0.05) is 17.5 Å². The van der Waals surface area contributed by atoms with Crippen LogP contribution in [-0.4, -0.2) is 46.1 Å². The number of carbonyl (C=O) groups excluding carboxylic acids is 1. The highest BCUT2D eigenvalue weighted by molar-refractivity contribution is 7.07. The zero-order valence-corrected chi connectivity index (χ0v) is 15.4. The van der Waals surface area contributed by atoms with Crippen molar-refractivity contribution in [2.45, 2.75) is 31.9 Å². The molecule has 2 aromatic rings. The Balaban J connectivity index is 1.80. The van der Waals surface area contributed by atoms with E-state index in [4.69, 9.17) is 9.47 Å². The van der Waals surface area contributed by atoms with Gasteiger partial charge in [-0.15, -0.1) is 11.3 Å². The number of hydrogen-bond donors (Lipinski definition) is 1. The third kappa shape index (κ3) is 3.37. The van der Waals surface area contributed by atoms with Crippen LogP contribution < -0.4 is 9.47 Å². The van der Waals surface area contributed by atoms with Gasteiger partial charge >= 0.3 is 5.97 Å². The molecule has 138 valence electrons. The van der Waals surface area contributed by atoms with Gasteiger partial charge in [-0.25, -0.2) is 9.78 Å². The SMILES string of the molecule is COc1cc(C(=O)N2CCCC2(C)C(=O)O)ccc1OCc1cscn1. The summed E-state index contributed by atoms with van der Waals surface area (Å²) in [5.41, 5.74) is 1.74. The maximum Gasteiger partial charge on any atom is 0.329 e. The van der Waals surface area contributed by atoms with E-state index < -0.39 is 11.5 Å². The van der Waals surface area contributed by atoms with E-state index in [9.17, 15) is 14.7 Å². The number of nitrogens with zero attached hydrogens (tertiary/aromatic N) is 2. The minimum absolute atomic E-state index is 0.302. The molecule has 0 aliphatic carbocycles. The van der Waals surface area contributed by atoms with E-state index in [-0.39, 0.29) is 5.91 Å². The summed E-state index contributed by atoms with van der Waals surface area (Å²) in [6.07, 6.45) is 1.11. The molecule has 0 saturated carbocycles. The summed E-state index contributed by atoms with van der Waals surface area (Å²) in [5, 5.41) is 11.4. The first kappa shape index (κ1) is 18.2. The Morgan fingerprint density at radius 3 is 2.85 bits per heavy atom. The summed E-state index contributed by atoms with van der Waals surface area (Å²) < 4.78 is 11.1. The fourth-order valence-corrected chi connectivity index (χ4v) is 3.59. The molecule has 1 aliphatic heterocycles. The minimum Gasteiger partial charge on any atom is -0.493 e. The number of hydrogen-bond acceptors (Lipinski definition) is 6. The van der Waals surface area contributed by atoms with Crippen molar-refractivity contribution < 1.29 is 24.2 Å². The normalized spacial score (nSPS) is 19.4. The Hall–Kier alpha value is -2.61. The number of aliphatic carboxylic acids is 1. The van der Waals surface area contributed by atoms with Gasteiger partial charge in [0.1, 0.15) is 12.1 Å². The molecule has 3 rings (SSSR count). The van der Waals surface area contributed by atoms with Crippen molar-refractivity contribution in [3.05, 3.63) is 40.3 Å². The number of benzene rings is 1. The van der Waals surface area contributed by atoms with Crippen LogP contribution in [0.4, 0.5) is 0 Å². The molecule has 0 radical (unpaired) electrons. The second kappa shape index (κ2) is 7.33. The molecule has 2 heterocycles. The van der Waals surface area contributed by atoms with E-state index in [2.05, 4.69) is 4.98 Å². The largest absolute Gasteiger partial charge is 0.493 e. The van der Waals surface area contributed by atoms with Gasteiger partial charge in [0.15, 0.2) is 11.5 Å². The molecule has 7 nitrogen and oxygen atoms in total. The van der Waals surface area contributed by atoms with Gasteiger partial charge in [0.25, 0.3) is 5.91 Å². The van der Waals surface area contributed by atoms with Gasteiger partial charge in [-0.3, -0.25) is 4.79 Å². The summed E-state index contributed by atoms with van der Waals surface area (Å²) in [7, 11) is 1.50. The smallest absolute Gasteiger partial charge is 0.329 e. The van der Waals surface area contributed by atoms with E-state index in [0.29, 0.717) is 43.1 Å². The number of ether oxygens (including phenoxy) is 2. The number of carbonyl (C=O) groups is 2. The Kier molecular flexibility index (Phi) is 5.13. The molecule has 8 heteroatoms. The lowest BCUT2D eigenvalue weighted by Gasteiger charge is -2.31. The first-order chi connectivity index (χ1) is 12.5. The molecule has 0 spiro atoms. The van der Waals surface area contributed by atoms with Gasteiger partial charge < -0.3 is 19.5 Å². The van der Waals surface area contributed by atoms with Crippen molar-refractivity contribution >= 4 is 23.2 Å². The van der Waals surface area contributed by atoms with Gasteiger partial charge in [-0.1, -0.05) is 0 Å². The molecule has 1 aromatic carbocycles. The van der Waals surface area contributed by atoms with E-state index in [1.807, 2.05) is 5.38 Å². The first-order valence-electron chi connectivity index (χ1n) is 8.19. The lowest BCUT2D eigenvalue weighted by Crippen LogP contribution is -2.50. The summed E-state index contributed by atoms with van der Waals surface area (Å²) in [6, 6.07) is 4.87. The van der Waals surface area contributed by atoms with Crippen molar-refractivity contribution in [1.82, 2.24) is 9.88 Å². The van der Waals surface area contributed by atoms with E-state index in [1.54, 1.807) is 30.6 Å². The van der Waals surface area contributed by atoms with E-state index in [1.165, 1.54) is 23.3 Å². The van der Waals surface area contributed by atoms with Crippen LogP contribution in [0.5, 0.6) is 11.5 Å². The van der Waals surface area contributed by atoms with Crippen LogP contribution in [0.1, 0.15) is 35.8 Å². The highest BCUT2D eigenvalue weighted by atomic mass is 32.1. The van der Waals surface area contributed by atoms with Crippen molar-refractivity contribution in [2.24, 2.45) is 0 Å². The molecule has 1 aliphatic rings. The Labute approximate surface area is 155 Å². The molecule has 1 saturated heterocycles. The number of carboxylic acid groups (broad SMARTS) is 1. The summed E-state index contributed by atoms with van der Waals surface area (Å²) in [4.78, 5) is 30.0. The zero-order chi connectivity index (χ0) is 18.7. The third-order valence-electron chi connectivity index (χ3n) is 4.62. The Morgan fingerprint density at radius 2 is 2.19 bits per heavy atom. The maximum absolute atomic E-state index is 12.8. The maximum atomic E-state index is 12.8. The lowest BCUT2D eigenvalue weighted by atomic mass is 9.98. The first-order valence-corrected chi connectivity index (χ1v) is 9.13. The van der Waals surface area contributed by atoms with Crippen LogP contribution in [0.2, 0.25) is 0 Å². The van der Waals surface area contributed by atoms with Gasteiger partial charge in [-0.2, -0.15) is 0 Å². The van der Waals surface area contributed by atoms with Crippen LogP contribution >= 0.6 is 11.3 Å². The molecular weight excluding hydrogens is 356 g/mol. The Morgan fingerprint density at radius 1 is 1.38 bits per heavy atom. The van der Waals surface area contributed by atoms with Crippen molar-refractivity contribution in [3.63, 3.8) is 0 Å². The molecule has 1 fully saturated rings. The Bertz CT molecular complexity index is 808. The van der Waals surface area contributed by atoms with Gasteiger partial charge in [0.05, 0.1) is 18.3 Å². The predicted octanol–water partition coefficient (Wildman–Crippen LogP) is 2.81. The van der Waals surface area contributed by atoms with Crippen LogP contribution in [0.15, 0.2) is 29.1 Å². The number of rotatable bonds is 6. The molecule has 26 heavy (non-hydrogen) atoms.